The number of morpholine rings is 1. The Morgan fingerprint density at radius 3 is 2.52 bits per heavy atom. The van der Waals surface area contributed by atoms with Gasteiger partial charge in [-0.2, -0.15) is 0 Å². The van der Waals surface area contributed by atoms with Crippen LogP contribution in [0.5, 0.6) is 5.75 Å². The van der Waals surface area contributed by atoms with Crippen LogP contribution >= 0.6 is 0 Å². The molecule has 1 unspecified atom stereocenters. The predicted molar refractivity (Wildman–Crippen MR) is 110 cm³/mol. The van der Waals surface area contributed by atoms with Crippen molar-refractivity contribution in [2.24, 2.45) is 0 Å². The van der Waals surface area contributed by atoms with Crippen molar-refractivity contribution in [2.75, 3.05) is 40.0 Å². The summed E-state index contributed by atoms with van der Waals surface area (Å²) >= 11 is 0. The van der Waals surface area contributed by atoms with Crippen LogP contribution < -0.4 is 4.74 Å². The normalized spacial score (nSPS) is 19.3. The molecule has 2 fully saturated rings. The number of amides is 2. The van der Waals surface area contributed by atoms with Crippen molar-refractivity contribution in [1.82, 2.24) is 9.80 Å². The van der Waals surface area contributed by atoms with Crippen LogP contribution in [0.25, 0.3) is 11.1 Å². The number of hydrogen-bond donors (Lipinski definition) is 0. The molecule has 0 aliphatic carbocycles. The van der Waals surface area contributed by atoms with Gasteiger partial charge in [0.2, 0.25) is 5.91 Å². The van der Waals surface area contributed by atoms with E-state index in [0.29, 0.717) is 44.8 Å². The molecule has 2 aliphatic heterocycles. The molecule has 2 aromatic carbocycles. The summed E-state index contributed by atoms with van der Waals surface area (Å²) in [5.74, 6) is 0.653. The van der Waals surface area contributed by atoms with E-state index in [-0.39, 0.29) is 17.9 Å². The maximum absolute atomic E-state index is 13.3. The summed E-state index contributed by atoms with van der Waals surface area (Å²) in [6.45, 7) is 2.92. The van der Waals surface area contributed by atoms with Gasteiger partial charge in [-0.25, -0.2) is 0 Å². The Kier molecular flexibility index (Phi) is 5.81. The van der Waals surface area contributed by atoms with Crippen molar-refractivity contribution in [2.45, 2.75) is 18.9 Å². The van der Waals surface area contributed by atoms with Crippen LogP contribution in [0.1, 0.15) is 23.2 Å². The lowest BCUT2D eigenvalue weighted by molar-refractivity contribution is -0.139. The second-order valence-electron chi connectivity index (χ2n) is 7.38. The Bertz CT molecular complexity index is 878. The molecule has 2 aliphatic rings. The predicted octanol–water partition coefficient (Wildman–Crippen LogP) is 2.83. The number of carbonyl (C=O) groups excluding carboxylic acids is 2. The topological polar surface area (TPSA) is 59.1 Å². The molecule has 0 aromatic heterocycles. The lowest BCUT2D eigenvalue weighted by atomic mass is 10.0. The van der Waals surface area contributed by atoms with Crippen molar-refractivity contribution >= 4 is 11.8 Å². The van der Waals surface area contributed by atoms with Gasteiger partial charge in [0.25, 0.3) is 5.91 Å². The van der Waals surface area contributed by atoms with Crippen LogP contribution in [0.4, 0.5) is 0 Å². The van der Waals surface area contributed by atoms with Crippen molar-refractivity contribution in [3.8, 4) is 16.9 Å². The molecule has 6 heteroatoms. The Morgan fingerprint density at radius 2 is 1.79 bits per heavy atom. The first-order valence-electron chi connectivity index (χ1n) is 10.1. The van der Waals surface area contributed by atoms with E-state index in [0.717, 1.165) is 23.3 Å². The summed E-state index contributed by atoms with van der Waals surface area (Å²) < 4.78 is 10.8. The number of ether oxygens (including phenoxy) is 2. The Hall–Kier alpha value is -2.86. The first kappa shape index (κ1) is 19.5. The molecule has 152 valence electrons. The number of rotatable bonds is 4. The Labute approximate surface area is 171 Å². The summed E-state index contributed by atoms with van der Waals surface area (Å²) in [6.07, 6.45) is 1.55. The van der Waals surface area contributed by atoms with Gasteiger partial charge in [0, 0.05) is 30.8 Å². The summed E-state index contributed by atoms with van der Waals surface area (Å²) in [5.41, 5.74) is 2.43. The minimum atomic E-state index is -0.386. The minimum Gasteiger partial charge on any atom is -0.496 e. The molecular formula is C23H26N2O4. The van der Waals surface area contributed by atoms with E-state index in [9.17, 15) is 9.59 Å². The number of methoxy groups -OCH3 is 1. The molecule has 0 bridgehead atoms. The third-order valence-electron chi connectivity index (χ3n) is 5.65. The highest BCUT2D eigenvalue weighted by Gasteiger charge is 2.37. The number of nitrogens with zero attached hydrogens (tertiary/aromatic N) is 2. The van der Waals surface area contributed by atoms with Gasteiger partial charge in [0.1, 0.15) is 11.8 Å². The zero-order valence-electron chi connectivity index (χ0n) is 16.7. The van der Waals surface area contributed by atoms with Gasteiger partial charge in [-0.3, -0.25) is 9.59 Å². The molecular weight excluding hydrogens is 368 g/mol. The molecule has 0 spiro atoms. The maximum Gasteiger partial charge on any atom is 0.254 e. The van der Waals surface area contributed by atoms with Crippen LogP contribution in [0.15, 0.2) is 48.5 Å². The standard InChI is InChI=1S/C23H26N2O4/c1-28-21-10-9-18(16-19(21)17-6-3-2-4-7-17)22(26)25-11-5-8-20(25)23(27)24-12-14-29-15-13-24/h2-4,6-7,9-10,16,20H,5,8,11-15H2,1H3. The van der Waals surface area contributed by atoms with E-state index in [1.54, 1.807) is 18.1 Å². The number of benzene rings is 2. The van der Waals surface area contributed by atoms with E-state index >= 15 is 0 Å². The molecule has 0 N–H and O–H groups in total. The highest BCUT2D eigenvalue weighted by Crippen LogP contribution is 2.32. The van der Waals surface area contributed by atoms with E-state index in [1.807, 2.05) is 47.4 Å². The second-order valence-corrected chi connectivity index (χ2v) is 7.38. The van der Waals surface area contributed by atoms with Crippen molar-refractivity contribution in [3.05, 3.63) is 54.1 Å². The first-order valence-corrected chi connectivity index (χ1v) is 10.1. The van der Waals surface area contributed by atoms with Crippen LogP contribution in [-0.4, -0.2) is 67.6 Å². The molecule has 0 saturated carbocycles. The monoisotopic (exact) mass is 394 g/mol. The van der Waals surface area contributed by atoms with E-state index in [1.165, 1.54) is 0 Å². The highest BCUT2D eigenvalue weighted by atomic mass is 16.5. The number of hydrogen-bond acceptors (Lipinski definition) is 4. The fourth-order valence-corrected chi connectivity index (χ4v) is 4.11. The molecule has 2 aromatic rings. The number of carbonyl (C=O) groups is 2. The SMILES string of the molecule is COc1ccc(C(=O)N2CCCC2C(=O)N2CCOCC2)cc1-c1ccccc1. The minimum absolute atomic E-state index is 0.0379. The quantitative estimate of drug-likeness (QED) is 0.800. The van der Waals surface area contributed by atoms with Gasteiger partial charge in [0.05, 0.1) is 20.3 Å². The molecule has 2 saturated heterocycles. The lowest BCUT2D eigenvalue weighted by Crippen LogP contribution is -2.51. The van der Waals surface area contributed by atoms with Crippen LogP contribution in [0, 0.1) is 0 Å². The summed E-state index contributed by atoms with van der Waals surface area (Å²) in [5, 5.41) is 0. The molecule has 2 amide bonds. The fourth-order valence-electron chi connectivity index (χ4n) is 4.11. The third-order valence-corrected chi connectivity index (χ3v) is 5.65. The average molecular weight is 394 g/mol. The van der Waals surface area contributed by atoms with Gasteiger partial charge in [0.15, 0.2) is 0 Å². The van der Waals surface area contributed by atoms with Crippen LogP contribution in [0.3, 0.4) is 0 Å². The first-order chi connectivity index (χ1) is 14.2. The van der Waals surface area contributed by atoms with Crippen molar-refractivity contribution < 1.29 is 19.1 Å². The van der Waals surface area contributed by atoms with Gasteiger partial charge in [-0.15, -0.1) is 0 Å². The Morgan fingerprint density at radius 1 is 1.03 bits per heavy atom. The van der Waals surface area contributed by atoms with Gasteiger partial charge in [-0.1, -0.05) is 30.3 Å². The average Bonchev–Trinajstić information content (AvgIpc) is 3.28. The van der Waals surface area contributed by atoms with Crippen LogP contribution in [-0.2, 0) is 9.53 Å². The van der Waals surface area contributed by atoms with Crippen molar-refractivity contribution in [3.63, 3.8) is 0 Å². The highest BCUT2D eigenvalue weighted by molar-refractivity contribution is 5.99. The fraction of sp³-hybridized carbons (Fsp3) is 0.391. The summed E-state index contributed by atoms with van der Waals surface area (Å²) in [4.78, 5) is 29.9. The Balaban J connectivity index is 1.59. The summed E-state index contributed by atoms with van der Waals surface area (Å²) in [7, 11) is 1.63. The van der Waals surface area contributed by atoms with Gasteiger partial charge < -0.3 is 19.3 Å². The second kappa shape index (κ2) is 8.66. The largest absolute Gasteiger partial charge is 0.496 e. The van der Waals surface area contributed by atoms with Crippen LogP contribution in [0.2, 0.25) is 0 Å². The van der Waals surface area contributed by atoms with E-state index in [2.05, 4.69) is 0 Å². The summed E-state index contributed by atoms with van der Waals surface area (Å²) in [6, 6.07) is 14.9. The smallest absolute Gasteiger partial charge is 0.254 e. The molecule has 29 heavy (non-hydrogen) atoms. The lowest BCUT2D eigenvalue weighted by Gasteiger charge is -2.32. The zero-order valence-corrected chi connectivity index (χ0v) is 16.7. The molecule has 6 nitrogen and oxygen atoms in total. The zero-order chi connectivity index (χ0) is 20.2. The molecule has 2 heterocycles. The van der Waals surface area contributed by atoms with Gasteiger partial charge >= 0.3 is 0 Å². The number of likely N-dealkylation sites (tertiary alicyclic amines) is 1. The van der Waals surface area contributed by atoms with E-state index < -0.39 is 0 Å². The molecule has 4 rings (SSSR count). The molecule has 0 radical (unpaired) electrons. The van der Waals surface area contributed by atoms with Crippen molar-refractivity contribution in [1.29, 1.82) is 0 Å². The van der Waals surface area contributed by atoms with E-state index in [4.69, 9.17) is 9.47 Å². The van der Waals surface area contributed by atoms with Gasteiger partial charge in [-0.05, 0) is 36.6 Å². The third kappa shape index (κ3) is 3.98. The maximum atomic E-state index is 13.3. The molecule has 1 atom stereocenters.